The van der Waals surface area contributed by atoms with Gasteiger partial charge in [0.25, 0.3) is 0 Å². The first-order valence-corrected chi connectivity index (χ1v) is 10.1. The largest absolute Gasteiger partial charge is 0.487 e. The lowest BCUT2D eigenvalue weighted by Gasteiger charge is -2.16. The molecule has 0 fully saturated rings. The van der Waals surface area contributed by atoms with Crippen LogP contribution in [0.5, 0.6) is 5.75 Å². The van der Waals surface area contributed by atoms with Crippen molar-refractivity contribution in [1.29, 1.82) is 0 Å². The summed E-state index contributed by atoms with van der Waals surface area (Å²) in [6.07, 6.45) is 3.34. The molecule has 3 rings (SSSR count). The van der Waals surface area contributed by atoms with Gasteiger partial charge >= 0.3 is 0 Å². The molecule has 2 aromatic carbocycles. The van der Waals surface area contributed by atoms with Crippen LogP contribution >= 0.6 is 22.9 Å². The van der Waals surface area contributed by atoms with E-state index >= 15 is 0 Å². The molecule has 4 nitrogen and oxygen atoms in total. The zero-order valence-electron chi connectivity index (χ0n) is 15.8. The van der Waals surface area contributed by atoms with E-state index in [0.29, 0.717) is 18.2 Å². The normalized spacial score (nSPS) is 11.0. The summed E-state index contributed by atoms with van der Waals surface area (Å²) in [5.74, 6) is 0.647. The Bertz CT molecular complexity index is 984. The number of halogens is 1. The molecule has 1 aromatic heterocycles. The van der Waals surface area contributed by atoms with Crippen LogP contribution < -0.4 is 4.74 Å². The molecule has 0 radical (unpaired) electrons. The second kappa shape index (κ2) is 9.53. The SMILES string of the molecule is Cc1nc(COc2cccc(C=CC(=O)N(C)Cc3ccccc3Cl)c2)cs1. The standard InChI is InChI=1S/C22H21ClN2O2S/c1-16-24-19(15-28-16)14-27-20-8-5-6-17(12-20)10-11-22(26)25(2)13-18-7-3-4-9-21(18)23/h3-12,15H,13-14H2,1-2H3. The Morgan fingerprint density at radius 3 is 2.82 bits per heavy atom. The van der Waals surface area contributed by atoms with Gasteiger partial charge in [-0.15, -0.1) is 11.3 Å². The van der Waals surface area contributed by atoms with Crippen molar-refractivity contribution in [2.75, 3.05) is 7.05 Å². The van der Waals surface area contributed by atoms with Gasteiger partial charge in [0, 0.05) is 30.1 Å². The highest BCUT2D eigenvalue weighted by Crippen LogP contribution is 2.18. The number of hydrogen-bond donors (Lipinski definition) is 0. The van der Waals surface area contributed by atoms with Gasteiger partial charge in [-0.3, -0.25) is 4.79 Å². The number of carbonyl (C=O) groups is 1. The second-order valence-corrected chi connectivity index (χ2v) is 7.81. The molecule has 6 heteroatoms. The fourth-order valence-corrected chi connectivity index (χ4v) is 3.39. The number of thiazole rings is 1. The van der Waals surface area contributed by atoms with Gasteiger partial charge in [0.2, 0.25) is 5.91 Å². The van der Waals surface area contributed by atoms with Crippen molar-refractivity contribution in [1.82, 2.24) is 9.88 Å². The third-order valence-corrected chi connectivity index (χ3v) is 5.26. The third kappa shape index (κ3) is 5.68. The Balaban J connectivity index is 1.58. The van der Waals surface area contributed by atoms with Crippen molar-refractivity contribution in [2.45, 2.75) is 20.1 Å². The predicted octanol–water partition coefficient (Wildman–Crippen LogP) is 5.36. The number of nitrogens with zero attached hydrogens (tertiary/aromatic N) is 2. The molecule has 28 heavy (non-hydrogen) atoms. The van der Waals surface area contributed by atoms with E-state index in [9.17, 15) is 4.79 Å². The summed E-state index contributed by atoms with van der Waals surface area (Å²) in [6, 6.07) is 15.1. The number of ether oxygens (including phenoxy) is 1. The first-order valence-electron chi connectivity index (χ1n) is 8.82. The summed E-state index contributed by atoms with van der Waals surface area (Å²) < 4.78 is 5.79. The lowest BCUT2D eigenvalue weighted by Crippen LogP contribution is -2.24. The number of carbonyl (C=O) groups excluding carboxylic acids is 1. The second-order valence-electron chi connectivity index (χ2n) is 6.34. The van der Waals surface area contributed by atoms with Crippen molar-refractivity contribution in [3.05, 3.63) is 86.8 Å². The highest BCUT2D eigenvalue weighted by Gasteiger charge is 2.08. The Labute approximate surface area is 174 Å². The first-order chi connectivity index (χ1) is 13.5. The van der Waals surface area contributed by atoms with Gasteiger partial charge < -0.3 is 9.64 Å². The smallest absolute Gasteiger partial charge is 0.246 e. The molecule has 0 aliphatic rings. The minimum Gasteiger partial charge on any atom is -0.487 e. The number of amides is 1. The molecule has 0 N–H and O–H groups in total. The zero-order chi connectivity index (χ0) is 19.9. The van der Waals surface area contributed by atoms with Gasteiger partial charge in [0.05, 0.1) is 10.7 Å². The molecule has 0 aliphatic carbocycles. The lowest BCUT2D eigenvalue weighted by atomic mass is 10.2. The van der Waals surface area contributed by atoms with E-state index in [1.165, 1.54) is 0 Å². The van der Waals surface area contributed by atoms with Crippen molar-refractivity contribution >= 4 is 34.9 Å². The van der Waals surface area contributed by atoms with Crippen LogP contribution in [0.3, 0.4) is 0 Å². The van der Waals surface area contributed by atoms with Crippen LogP contribution in [-0.2, 0) is 17.9 Å². The van der Waals surface area contributed by atoms with E-state index in [-0.39, 0.29) is 5.91 Å². The summed E-state index contributed by atoms with van der Waals surface area (Å²) in [7, 11) is 1.76. The van der Waals surface area contributed by atoms with Gasteiger partial charge in [-0.05, 0) is 42.3 Å². The maximum atomic E-state index is 12.4. The minimum atomic E-state index is -0.0933. The van der Waals surface area contributed by atoms with E-state index in [4.69, 9.17) is 16.3 Å². The fraction of sp³-hybridized carbons (Fsp3) is 0.182. The fourth-order valence-electron chi connectivity index (χ4n) is 2.59. The molecule has 3 aromatic rings. The molecular formula is C22H21ClN2O2S. The van der Waals surface area contributed by atoms with Gasteiger partial charge in [0.1, 0.15) is 12.4 Å². The van der Waals surface area contributed by atoms with Gasteiger partial charge in [0.15, 0.2) is 0 Å². The van der Waals surface area contributed by atoms with Crippen molar-refractivity contribution in [3.63, 3.8) is 0 Å². The number of hydrogen-bond acceptors (Lipinski definition) is 4. The van der Waals surface area contributed by atoms with Gasteiger partial charge in [-0.25, -0.2) is 4.98 Å². The van der Waals surface area contributed by atoms with E-state index in [0.717, 1.165) is 27.6 Å². The van der Waals surface area contributed by atoms with E-state index < -0.39 is 0 Å². The summed E-state index contributed by atoms with van der Waals surface area (Å²) in [4.78, 5) is 18.4. The van der Waals surface area contributed by atoms with Gasteiger partial charge in [-0.2, -0.15) is 0 Å². The molecule has 0 bridgehead atoms. The van der Waals surface area contributed by atoms with Crippen molar-refractivity contribution < 1.29 is 9.53 Å². The van der Waals surface area contributed by atoms with Crippen molar-refractivity contribution in [2.24, 2.45) is 0 Å². The number of rotatable bonds is 7. The Hall–Kier alpha value is -2.63. The predicted molar refractivity (Wildman–Crippen MR) is 115 cm³/mol. The monoisotopic (exact) mass is 412 g/mol. The summed E-state index contributed by atoms with van der Waals surface area (Å²) >= 11 is 7.77. The van der Waals surface area contributed by atoms with Crippen LogP contribution in [0.15, 0.2) is 60.0 Å². The Morgan fingerprint density at radius 2 is 2.07 bits per heavy atom. The molecular weight excluding hydrogens is 392 g/mol. The maximum absolute atomic E-state index is 12.4. The number of aromatic nitrogens is 1. The third-order valence-electron chi connectivity index (χ3n) is 4.07. The molecule has 0 atom stereocenters. The zero-order valence-corrected chi connectivity index (χ0v) is 17.3. The number of aryl methyl sites for hydroxylation is 1. The molecule has 144 valence electrons. The quantitative estimate of drug-likeness (QED) is 0.491. The van der Waals surface area contributed by atoms with Crippen LogP contribution in [0.25, 0.3) is 6.08 Å². The van der Waals surface area contributed by atoms with Gasteiger partial charge in [-0.1, -0.05) is 41.9 Å². The summed E-state index contributed by atoms with van der Waals surface area (Å²) in [5, 5.41) is 3.67. The van der Waals surface area contributed by atoms with Crippen LogP contribution in [-0.4, -0.2) is 22.8 Å². The molecule has 1 amide bonds. The first kappa shape index (κ1) is 20.1. The topological polar surface area (TPSA) is 42.4 Å². The lowest BCUT2D eigenvalue weighted by molar-refractivity contribution is -0.125. The highest BCUT2D eigenvalue weighted by molar-refractivity contribution is 7.09. The Morgan fingerprint density at radius 1 is 1.25 bits per heavy atom. The Kier molecular flexibility index (Phi) is 6.85. The average Bonchev–Trinajstić information content (AvgIpc) is 3.12. The molecule has 0 saturated heterocycles. The van der Waals surface area contributed by atoms with Crippen molar-refractivity contribution in [3.8, 4) is 5.75 Å². The van der Waals surface area contributed by atoms with E-state index in [1.54, 1.807) is 35.4 Å². The molecule has 0 aliphatic heterocycles. The molecule has 0 spiro atoms. The van der Waals surface area contributed by atoms with Crippen LogP contribution in [0.2, 0.25) is 5.02 Å². The number of benzene rings is 2. The molecule has 1 heterocycles. The minimum absolute atomic E-state index is 0.0933. The summed E-state index contributed by atoms with van der Waals surface area (Å²) in [5.41, 5.74) is 2.73. The van der Waals surface area contributed by atoms with Crippen LogP contribution in [0, 0.1) is 6.92 Å². The van der Waals surface area contributed by atoms with E-state index in [2.05, 4.69) is 4.98 Å². The molecule has 0 saturated carbocycles. The average molecular weight is 413 g/mol. The van der Waals surface area contributed by atoms with Crippen LogP contribution in [0.1, 0.15) is 21.8 Å². The van der Waals surface area contributed by atoms with E-state index in [1.807, 2.05) is 60.8 Å². The molecule has 0 unspecified atom stereocenters. The highest BCUT2D eigenvalue weighted by atomic mass is 35.5. The number of likely N-dealkylation sites (N-methyl/N-ethyl adjacent to an activating group) is 1. The maximum Gasteiger partial charge on any atom is 0.246 e. The summed E-state index contributed by atoms with van der Waals surface area (Å²) in [6.45, 7) is 2.86. The van der Waals surface area contributed by atoms with Crippen LogP contribution in [0.4, 0.5) is 0 Å².